The molecule has 4 aliphatic carbocycles. The van der Waals surface area contributed by atoms with Gasteiger partial charge >= 0.3 is 6.16 Å². The van der Waals surface area contributed by atoms with Crippen LogP contribution in [-0.2, 0) is 14.4 Å². The standard InChI is InChI=1S/C21H26O5.CH2O3/c1-19-7-5-13(23)9-12(19)3-4-14-15-6-8-21(26,17(25)11-22)20(15,2)10-16(24)18(14)19;2-1(3)4/h5,7,9,14-15,18,22,26H,3-4,6,8,10-11H2,1-2H3;(H2,2,3,4)/t14-,15-,18+,19-,20-,21-;/m0./s1. The smallest absolute Gasteiger partial charge is 0.450 e. The van der Waals surface area contributed by atoms with Crippen LogP contribution in [0.1, 0.15) is 46.0 Å². The highest BCUT2D eigenvalue weighted by Gasteiger charge is 2.68. The van der Waals surface area contributed by atoms with Gasteiger partial charge in [0.05, 0.1) is 0 Å². The van der Waals surface area contributed by atoms with Crippen LogP contribution in [0.5, 0.6) is 0 Å². The Kier molecular flexibility index (Phi) is 5.54. The summed E-state index contributed by atoms with van der Waals surface area (Å²) in [6, 6.07) is 0. The Balaban J connectivity index is 0.000000589. The topological polar surface area (TPSA) is 149 Å². The van der Waals surface area contributed by atoms with Crippen LogP contribution in [0.25, 0.3) is 0 Å². The third-order valence-electron chi connectivity index (χ3n) is 8.01. The molecule has 0 aromatic rings. The van der Waals surface area contributed by atoms with Gasteiger partial charge < -0.3 is 20.4 Å². The van der Waals surface area contributed by atoms with Gasteiger partial charge in [-0.1, -0.05) is 25.5 Å². The molecule has 0 saturated heterocycles. The first-order chi connectivity index (χ1) is 13.9. The first kappa shape index (κ1) is 22.4. The monoisotopic (exact) mass is 420 g/mol. The second kappa shape index (κ2) is 7.42. The second-order valence-corrected chi connectivity index (χ2v) is 9.30. The lowest BCUT2D eigenvalue weighted by Crippen LogP contribution is -2.60. The van der Waals surface area contributed by atoms with Gasteiger partial charge in [0.15, 0.2) is 11.6 Å². The molecule has 8 nitrogen and oxygen atoms in total. The molecule has 0 spiro atoms. The quantitative estimate of drug-likeness (QED) is 0.530. The van der Waals surface area contributed by atoms with E-state index >= 15 is 0 Å². The largest absolute Gasteiger partial charge is 0.503 e. The maximum Gasteiger partial charge on any atom is 0.503 e. The number of rotatable bonds is 2. The van der Waals surface area contributed by atoms with Gasteiger partial charge in [-0.3, -0.25) is 14.4 Å². The lowest BCUT2D eigenvalue weighted by molar-refractivity contribution is -0.168. The molecule has 0 aliphatic heterocycles. The SMILES string of the molecule is C[C@]12C=CC(=O)C=C1CC[C@@H]1[C@@H]2C(=O)C[C@@]2(C)[C@H]1CC[C@]2(O)C(=O)CO.O=C(O)O. The van der Waals surface area contributed by atoms with E-state index in [4.69, 9.17) is 15.0 Å². The number of Topliss-reactive ketones (excluding diaryl/α,β-unsaturated/α-hetero) is 2. The van der Waals surface area contributed by atoms with E-state index < -0.39 is 35.0 Å². The fourth-order valence-corrected chi connectivity index (χ4v) is 6.62. The molecule has 4 N–H and O–H groups in total. The minimum Gasteiger partial charge on any atom is -0.450 e. The summed E-state index contributed by atoms with van der Waals surface area (Å²) >= 11 is 0. The van der Waals surface area contributed by atoms with Crippen LogP contribution < -0.4 is 0 Å². The molecule has 4 rings (SSSR count). The van der Waals surface area contributed by atoms with Crippen molar-refractivity contribution in [2.75, 3.05) is 6.61 Å². The molecule has 3 fully saturated rings. The lowest BCUT2D eigenvalue weighted by atomic mass is 9.46. The highest BCUT2D eigenvalue weighted by molar-refractivity contribution is 6.02. The number of aliphatic hydroxyl groups excluding tert-OH is 1. The number of ketones is 3. The molecule has 30 heavy (non-hydrogen) atoms. The molecule has 0 aromatic carbocycles. The molecule has 0 aromatic heterocycles. The molecule has 0 unspecified atom stereocenters. The van der Waals surface area contributed by atoms with E-state index in [0.29, 0.717) is 12.8 Å². The molecular weight excluding hydrogens is 392 g/mol. The number of carbonyl (C=O) groups is 4. The number of fused-ring (bicyclic) bond motifs is 5. The van der Waals surface area contributed by atoms with E-state index in [9.17, 15) is 24.6 Å². The van der Waals surface area contributed by atoms with Crippen LogP contribution in [0, 0.1) is 28.6 Å². The zero-order valence-electron chi connectivity index (χ0n) is 17.1. The summed E-state index contributed by atoms with van der Waals surface area (Å²) in [6.45, 7) is 3.19. The molecule has 8 heteroatoms. The molecule has 0 radical (unpaired) electrons. The average Bonchev–Trinajstić information content (AvgIpc) is 2.92. The highest BCUT2D eigenvalue weighted by atomic mass is 16.6. The van der Waals surface area contributed by atoms with Crippen molar-refractivity contribution < 1.29 is 39.6 Å². The number of hydrogen-bond acceptors (Lipinski definition) is 6. The van der Waals surface area contributed by atoms with Crippen molar-refractivity contribution in [3.05, 3.63) is 23.8 Å². The van der Waals surface area contributed by atoms with Gasteiger partial charge in [-0.05, 0) is 49.7 Å². The van der Waals surface area contributed by atoms with Crippen molar-refractivity contribution in [2.45, 2.75) is 51.6 Å². The van der Waals surface area contributed by atoms with Crippen LogP contribution in [0.3, 0.4) is 0 Å². The lowest BCUT2D eigenvalue weighted by Gasteiger charge is -2.56. The average molecular weight is 420 g/mol. The van der Waals surface area contributed by atoms with Crippen molar-refractivity contribution in [1.82, 2.24) is 0 Å². The third-order valence-corrected chi connectivity index (χ3v) is 8.01. The fourth-order valence-electron chi connectivity index (χ4n) is 6.62. The predicted octanol–water partition coefficient (Wildman–Crippen LogP) is 1.99. The number of carbonyl (C=O) groups excluding carboxylic acids is 3. The molecular formula is C22H28O8. The van der Waals surface area contributed by atoms with Gasteiger partial charge in [-0.25, -0.2) is 4.79 Å². The van der Waals surface area contributed by atoms with Gasteiger partial charge in [0.1, 0.15) is 18.0 Å². The van der Waals surface area contributed by atoms with E-state index in [0.717, 1.165) is 18.4 Å². The van der Waals surface area contributed by atoms with Crippen LogP contribution in [0.4, 0.5) is 4.79 Å². The van der Waals surface area contributed by atoms with E-state index in [2.05, 4.69) is 0 Å². The summed E-state index contributed by atoms with van der Waals surface area (Å²) in [6.07, 6.45) is 5.99. The Morgan fingerprint density at radius 1 is 1.17 bits per heavy atom. The minimum atomic E-state index is -1.83. The van der Waals surface area contributed by atoms with Gasteiger partial charge in [0, 0.05) is 23.2 Å². The van der Waals surface area contributed by atoms with Crippen LogP contribution in [0.2, 0.25) is 0 Å². The number of hydrogen-bond donors (Lipinski definition) is 4. The summed E-state index contributed by atoms with van der Waals surface area (Å²) in [5, 5.41) is 34.4. The van der Waals surface area contributed by atoms with Crippen molar-refractivity contribution >= 4 is 23.5 Å². The Bertz CT molecular complexity index is 853. The van der Waals surface area contributed by atoms with Gasteiger partial charge in [0.25, 0.3) is 0 Å². The number of aliphatic hydroxyl groups is 2. The van der Waals surface area contributed by atoms with E-state index in [1.54, 1.807) is 12.2 Å². The summed E-state index contributed by atoms with van der Waals surface area (Å²) < 4.78 is 0. The third kappa shape index (κ3) is 3.13. The predicted molar refractivity (Wildman–Crippen MR) is 105 cm³/mol. The van der Waals surface area contributed by atoms with Gasteiger partial charge in [0.2, 0.25) is 0 Å². The Labute approximate surface area is 174 Å². The summed E-state index contributed by atoms with van der Waals surface area (Å²) in [5.41, 5.74) is -1.86. The Hall–Kier alpha value is -2.32. The maximum absolute atomic E-state index is 13.3. The van der Waals surface area contributed by atoms with Crippen molar-refractivity contribution in [3.63, 3.8) is 0 Å². The van der Waals surface area contributed by atoms with E-state index in [-0.39, 0.29) is 35.7 Å². The van der Waals surface area contributed by atoms with E-state index in [1.165, 1.54) is 0 Å². The van der Waals surface area contributed by atoms with Gasteiger partial charge in [-0.2, -0.15) is 0 Å². The van der Waals surface area contributed by atoms with Crippen LogP contribution >= 0.6 is 0 Å². The second-order valence-electron chi connectivity index (χ2n) is 9.30. The molecule has 0 bridgehead atoms. The first-order valence-electron chi connectivity index (χ1n) is 10.2. The summed E-state index contributed by atoms with van der Waals surface area (Å²) in [7, 11) is 0. The Morgan fingerprint density at radius 2 is 1.80 bits per heavy atom. The Morgan fingerprint density at radius 3 is 2.40 bits per heavy atom. The minimum absolute atomic E-state index is 0.0206. The van der Waals surface area contributed by atoms with Crippen molar-refractivity contribution in [2.24, 2.45) is 28.6 Å². The maximum atomic E-state index is 13.3. The molecule has 4 aliphatic rings. The zero-order chi connectivity index (χ0) is 22.5. The number of carboxylic acid groups (broad SMARTS) is 2. The van der Waals surface area contributed by atoms with Crippen LogP contribution in [0.15, 0.2) is 23.8 Å². The normalized spacial score (nSPS) is 41.6. The molecule has 0 heterocycles. The zero-order valence-corrected chi connectivity index (χ0v) is 17.1. The molecule has 0 amide bonds. The first-order valence-corrected chi connectivity index (χ1v) is 10.2. The van der Waals surface area contributed by atoms with E-state index in [1.807, 2.05) is 19.9 Å². The highest BCUT2D eigenvalue weighted by Crippen LogP contribution is 2.66. The molecule has 6 atom stereocenters. The fraction of sp³-hybridized carbons (Fsp3) is 0.636. The van der Waals surface area contributed by atoms with Crippen LogP contribution in [-0.4, -0.2) is 56.1 Å². The summed E-state index contributed by atoms with van der Waals surface area (Å²) in [4.78, 5) is 45.9. The van der Waals surface area contributed by atoms with Crippen molar-refractivity contribution in [3.8, 4) is 0 Å². The molecule has 3 saturated carbocycles. The van der Waals surface area contributed by atoms with Crippen molar-refractivity contribution in [1.29, 1.82) is 0 Å². The number of allylic oxidation sites excluding steroid dienone is 4. The van der Waals surface area contributed by atoms with Gasteiger partial charge in [-0.15, -0.1) is 0 Å². The summed E-state index contributed by atoms with van der Waals surface area (Å²) in [5.74, 6) is -0.590. The molecule has 164 valence electrons.